The second kappa shape index (κ2) is 5.53. The van der Waals surface area contributed by atoms with Gasteiger partial charge in [-0.1, -0.05) is 22.4 Å². The Morgan fingerprint density at radius 3 is 3.16 bits per heavy atom. The molecule has 0 aromatic heterocycles. The second-order valence-electron chi connectivity index (χ2n) is 5.34. The van der Waals surface area contributed by atoms with Gasteiger partial charge in [-0.3, -0.25) is 4.79 Å². The fraction of sp³-hybridized carbons (Fsp3) is 0.533. The van der Waals surface area contributed by atoms with Gasteiger partial charge >= 0.3 is 0 Å². The maximum absolute atomic E-state index is 12.0. The van der Waals surface area contributed by atoms with Crippen molar-refractivity contribution in [2.45, 2.75) is 32.1 Å². The van der Waals surface area contributed by atoms with Crippen LogP contribution in [0, 0.1) is 5.92 Å². The zero-order valence-corrected chi connectivity index (χ0v) is 12.5. The molecule has 1 aromatic carbocycles. The average molecular weight is 324 g/mol. The van der Waals surface area contributed by atoms with Crippen LogP contribution in [0.5, 0.6) is 5.75 Å². The Labute approximate surface area is 121 Å². The topological polar surface area (TPSA) is 38.3 Å². The molecule has 19 heavy (non-hydrogen) atoms. The number of hydrogen-bond acceptors (Lipinski definition) is 2. The summed E-state index contributed by atoms with van der Waals surface area (Å²) < 4.78 is 6.82. The quantitative estimate of drug-likeness (QED) is 0.908. The summed E-state index contributed by atoms with van der Waals surface area (Å²) in [6.45, 7) is 1.58. The Bertz CT molecular complexity index is 501. The summed E-state index contributed by atoms with van der Waals surface area (Å²) in [5.41, 5.74) is 2.43. The number of hydrogen-bond donors (Lipinski definition) is 1. The van der Waals surface area contributed by atoms with Crippen molar-refractivity contribution in [1.29, 1.82) is 0 Å². The van der Waals surface area contributed by atoms with Crippen LogP contribution in [0.15, 0.2) is 16.6 Å². The van der Waals surface area contributed by atoms with Crippen molar-refractivity contribution in [1.82, 2.24) is 5.32 Å². The first-order valence-corrected chi connectivity index (χ1v) is 7.75. The molecule has 1 aromatic rings. The molecule has 0 bridgehead atoms. The van der Waals surface area contributed by atoms with Gasteiger partial charge in [-0.25, -0.2) is 0 Å². The first-order chi connectivity index (χ1) is 9.24. The highest BCUT2D eigenvalue weighted by molar-refractivity contribution is 9.10. The summed E-state index contributed by atoms with van der Waals surface area (Å²) in [4.78, 5) is 12.0. The van der Waals surface area contributed by atoms with Crippen LogP contribution in [0.3, 0.4) is 0 Å². The lowest BCUT2D eigenvalue weighted by atomic mass is 9.93. The third-order valence-corrected chi connectivity index (χ3v) is 4.40. The molecule has 0 radical (unpaired) electrons. The second-order valence-corrected chi connectivity index (χ2v) is 6.26. The number of carbonyl (C=O) groups excluding carboxylic acids is 1. The van der Waals surface area contributed by atoms with E-state index in [2.05, 4.69) is 33.4 Å². The van der Waals surface area contributed by atoms with Crippen LogP contribution in [0.2, 0.25) is 0 Å². The van der Waals surface area contributed by atoms with E-state index in [0.29, 0.717) is 0 Å². The molecule has 102 valence electrons. The van der Waals surface area contributed by atoms with E-state index in [-0.39, 0.29) is 11.8 Å². The Morgan fingerprint density at radius 2 is 2.26 bits per heavy atom. The number of nitrogens with one attached hydrogen (secondary N) is 1. The molecule has 1 saturated heterocycles. The molecule has 0 spiro atoms. The van der Waals surface area contributed by atoms with Gasteiger partial charge in [0.1, 0.15) is 5.75 Å². The van der Waals surface area contributed by atoms with E-state index >= 15 is 0 Å². The van der Waals surface area contributed by atoms with Crippen LogP contribution in [0.4, 0.5) is 0 Å². The Hall–Kier alpha value is -1.03. The van der Waals surface area contributed by atoms with Crippen molar-refractivity contribution in [2.24, 2.45) is 5.92 Å². The summed E-state index contributed by atoms with van der Waals surface area (Å²) in [6.07, 6.45) is 4.95. The highest BCUT2D eigenvalue weighted by Crippen LogP contribution is 2.35. The van der Waals surface area contributed by atoms with Gasteiger partial charge in [0, 0.05) is 23.4 Å². The molecule has 4 heteroatoms. The molecule has 3 rings (SSSR count). The van der Waals surface area contributed by atoms with Gasteiger partial charge in [0.05, 0.1) is 6.61 Å². The predicted molar refractivity (Wildman–Crippen MR) is 77.4 cm³/mol. The molecule has 3 nitrogen and oxygen atoms in total. The van der Waals surface area contributed by atoms with Crippen LogP contribution in [0.25, 0.3) is 0 Å². The van der Waals surface area contributed by atoms with E-state index in [1.54, 1.807) is 0 Å². The normalized spacial score (nSPS) is 22.4. The lowest BCUT2D eigenvalue weighted by Crippen LogP contribution is -2.30. The van der Waals surface area contributed by atoms with E-state index in [1.807, 2.05) is 0 Å². The zero-order valence-electron chi connectivity index (χ0n) is 10.9. The summed E-state index contributed by atoms with van der Waals surface area (Å²) in [7, 11) is 0. The Morgan fingerprint density at radius 1 is 1.37 bits per heavy atom. The monoisotopic (exact) mass is 323 g/mol. The van der Waals surface area contributed by atoms with E-state index in [0.717, 1.165) is 55.5 Å². The number of carbonyl (C=O) groups is 1. The molecule has 1 unspecified atom stereocenters. The van der Waals surface area contributed by atoms with Gasteiger partial charge in [0.25, 0.3) is 0 Å². The molecule has 1 atom stereocenters. The van der Waals surface area contributed by atoms with Gasteiger partial charge in [0.15, 0.2) is 0 Å². The smallest absolute Gasteiger partial charge is 0.223 e. The summed E-state index contributed by atoms with van der Waals surface area (Å²) in [5, 5.41) is 3.01. The fourth-order valence-electron chi connectivity index (χ4n) is 2.96. The van der Waals surface area contributed by atoms with Crippen molar-refractivity contribution in [3.05, 3.63) is 27.7 Å². The van der Waals surface area contributed by atoms with E-state index < -0.39 is 0 Å². The molecule has 1 N–H and O–H groups in total. The number of amides is 1. The minimum atomic E-state index is 0.0881. The number of ether oxygens (including phenoxy) is 1. The van der Waals surface area contributed by atoms with Gasteiger partial charge in [-0.2, -0.15) is 0 Å². The molecule has 2 aliphatic heterocycles. The number of fused-ring (bicyclic) bond motifs is 1. The molecule has 0 saturated carbocycles. The fourth-order valence-corrected chi connectivity index (χ4v) is 3.51. The third-order valence-electron chi connectivity index (χ3n) is 3.94. The molecule has 1 fully saturated rings. The lowest BCUT2D eigenvalue weighted by molar-refractivity contribution is -0.124. The van der Waals surface area contributed by atoms with Crippen LogP contribution in [0.1, 0.15) is 30.4 Å². The van der Waals surface area contributed by atoms with Gasteiger partial charge < -0.3 is 10.1 Å². The summed E-state index contributed by atoms with van der Waals surface area (Å²) in [6, 6.07) is 4.22. The van der Waals surface area contributed by atoms with Crippen molar-refractivity contribution >= 4 is 21.8 Å². The minimum Gasteiger partial charge on any atom is -0.493 e. The standard InChI is InChI=1S/C15H18BrNO2/c16-13-8-10-4-6-19-14(10)12(9-13)7-11-3-1-2-5-17-15(11)18/h8-9,11H,1-7H2,(H,17,18). The zero-order chi connectivity index (χ0) is 13.2. The summed E-state index contributed by atoms with van der Waals surface area (Å²) in [5.74, 6) is 1.30. The Kier molecular flexibility index (Phi) is 3.78. The van der Waals surface area contributed by atoms with Crippen molar-refractivity contribution in [3.8, 4) is 5.75 Å². The van der Waals surface area contributed by atoms with Crippen LogP contribution in [-0.2, 0) is 17.6 Å². The highest BCUT2D eigenvalue weighted by Gasteiger charge is 2.25. The highest BCUT2D eigenvalue weighted by atomic mass is 79.9. The van der Waals surface area contributed by atoms with E-state index in [1.165, 1.54) is 11.1 Å². The number of benzene rings is 1. The number of rotatable bonds is 2. The molecular formula is C15H18BrNO2. The van der Waals surface area contributed by atoms with Gasteiger partial charge in [-0.05, 0) is 42.5 Å². The average Bonchev–Trinajstić information content (AvgIpc) is 2.75. The van der Waals surface area contributed by atoms with Crippen LogP contribution < -0.4 is 10.1 Å². The molecule has 1 amide bonds. The molecule has 0 aliphatic carbocycles. The van der Waals surface area contributed by atoms with Crippen molar-refractivity contribution < 1.29 is 9.53 Å². The minimum absolute atomic E-state index is 0.0881. The van der Waals surface area contributed by atoms with Gasteiger partial charge in [-0.15, -0.1) is 0 Å². The van der Waals surface area contributed by atoms with Crippen LogP contribution >= 0.6 is 15.9 Å². The first-order valence-electron chi connectivity index (χ1n) is 6.96. The van der Waals surface area contributed by atoms with Crippen LogP contribution in [-0.4, -0.2) is 19.1 Å². The first kappa shape index (κ1) is 13.0. The maximum Gasteiger partial charge on any atom is 0.223 e. The Balaban J connectivity index is 1.84. The largest absolute Gasteiger partial charge is 0.493 e. The molecular weight excluding hydrogens is 306 g/mol. The third kappa shape index (κ3) is 2.78. The van der Waals surface area contributed by atoms with Gasteiger partial charge in [0.2, 0.25) is 5.91 Å². The SMILES string of the molecule is O=C1NCCCCC1Cc1cc(Br)cc2c1OCC2. The van der Waals surface area contributed by atoms with Crippen molar-refractivity contribution in [3.63, 3.8) is 0 Å². The number of halogens is 1. The van der Waals surface area contributed by atoms with E-state index in [9.17, 15) is 4.79 Å². The maximum atomic E-state index is 12.0. The van der Waals surface area contributed by atoms with Crippen molar-refractivity contribution in [2.75, 3.05) is 13.2 Å². The predicted octanol–water partition coefficient (Wildman–Crippen LogP) is 2.84. The molecule has 2 heterocycles. The summed E-state index contributed by atoms with van der Waals surface area (Å²) >= 11 is 3.56. The van der Waals surface area contributed by atoms with E-state index in [4.69, 9.17) is 4.74 Å². The lowest BCUT2D eigenvalue weighted by Gasteiger charge is -2.15. The molecule has 2 aliphatic rings.